The Balaban J connectivity index is 2.38. The minimum Gasteiger partial charge on any atom is -0.0806 e. The Morgan fingerprint density at radius 2 is 1.89 bits per heavy atom. The van der Waals surface area contributed by atoms with Gasteiger partial charge in [0.1, 0.15) is 8.07 Å². The van der Waals surface area contributed by atoms with Crippen molar-refractivity contribution in [3.8, 4) is 0 Å². The molecule has 1 aliphatic rings. The highest BCUT2D eigenvalue weighted by atomic mass is 28.3. The summed E-state index contributed by atoms with van der Waals surface area (Å²) in [7, 11) is -1.46. The average molecular weight is 256 g/mol. The Morgan fingerprint density at radius 1 is 1.17 bits per heavy atom. The molecule has 1 heteroatoms. The van der Waals surface area contributed by atoms with E-state index in [1.54, 1.807) is 10.4 Å². The lowest BCUT2D eigenvalue weighted by atomic mass is 10.3. The molecule has 1 aromatic rings. The summed E-state index contributed by atoms with van der Waals surface area (Å²) in [6.45, 7) is 7.15. The molecule has 0 heterocycles. The van der Waals surface area contributed by atoms with Crippen LogP contribution in [0.3, 0.4) is 0 Å². The van der Waals surface area contributed by atoms with Gasteiger partial charge in [0.25, 0.3) is 0 Å². The topological polar surface area (TPSA) is 0 Å². The highest BCUT2D eigenvalue weighted by molar-refractivity contribution is 6.96. The third kappa shape index (κ3) is 2.51. The quantitative estimate of drug-likeness (QED) is 0.676. The molecule has 0 aromatic heterocycles. The molecular formula is C17H24Si. The predicted molar refractivity (Wildman–Crippen MR) is 83.9 cm³/mol. The second-order valence-corrected chi connectivity index (χ2v) is 9.91. The maximum Gasteiger partial charge on any atom is 0.111 e. The van der Waals surface area contributed by atoms with Crippen molar-refractivity contribution in [2.75, 3.05) is 0 Å². The molecule has 0 saturated carbocycles. The molecule has 2 rings (SSSR count). The second kappa shape index (κ2) is 5.70. The van der Waals surface area contributed by atoms with Crippen LogP contribution in [-0.4, -0.2) is 8.07 Å². The standard InChI is InChI=1S/C17H24Si/c1-4-5-14-18(3,16-11-7-6-8-12-16)17-13-9-10-15(17)2/h6-12H,4-5,13-14H2,1-3H3. The highest BCUT2D eigenvalue weighted by Gasteiger charge is 2.34. The summed E-state index contributed by atoms with van der Waals surface area (Å²) in [4.78, 5) is 0. The van der Waals surface area contributed by atoms with Gasteiger partial charge < -0.3 is 0 Å². The number of hydrogen-bond donors (Lipinski definition) is 0. The predicted octanol–water partition coefficient (Wildman–Crippen LogP) is 4.59. The third-order valence-electron chi connectivity index (χ3n) is 4.27. The Hall–Kier alpha value is -1.08. The summed E-state index contributed by atoms with van der Waals surface area (Å²) in [5, 5.41) is 3.36. The van der Waals surface area contributed by atoms with Gasteiger partial charge in [-0.3, -0.25) is 0 Å². The molecule has 0 spiro atoms. The Labute approximate surface area is 112 Å². The van der Waals surface area contributed by atoms with E-state index in [1.165, 1.54) is 30.9 Å². The fraction of sp³-hybridized carbons (Fsp3) is 0.412. The molecule has 0 aliphatic heterocycles. The Kier molecular flexibility index (Phi) is 4.23. The lowest BCUT2D eigenvalue weighted by Gasteiger charge is -2.31. The monoisotopic (exact) mass is 256 g/mol. The number of hydrogen-bond acceptors (Lipinski definition) is 0. The van der Waals surface area contributed by atoms with Crippen LogP contribution in [0.5, 0.6) is 0 Å². The van der Waals surface area contributed by atoms with Gasteiger partial charge in [-0.25, -0.2) is 0 Å². The molecule has 96 valence electrons. The van der Waals surface area contributed by atoms with E-state index in [2.05, 4.69) is 62.9 Å². The van der Waals surface area contributed by atoms with Gasteiger partial charge in [0.15, 0.2) is 0 Å². The first-order valence-corrected chi connectivity index (χ1v) is 9.81. The molecular weight excluding hydrogens is 232 g/mol. The first-order valence-electron chi connectivity index (χ1n) is 7.11. The van der Waals surface area contributed by atoms with Gasteiger partial charge in [0, 0.05) is 0 Å². The normalized spacial score (nSPS) is 18.2. The Bertz CT molecular complexity index is 456. The fourth-order valence-electron chi connectivity index (χ4n) is 3.08. The van der Waals surface area contributed by atoms with Crippen LogP contribution in [0.25, 0.3) is 0 Å². The smallest absolute Gasteiger partial charge is 0.0806 e. The van der Waals surface area contributed by atoms with Crippen molar-refractivity contribution < 1.29 is 0 Å². The van der Waals surface area contributed by atoms with E-state index in [-0.39, 0.29) is 0 Å². The van der Waals surface area contributed by atoms with Crippen LogP contribution in [0.4, 0.5) is 0 Å². The number of allylic oxidation sites excluding steroid dienone is 4. The van der Waals surface area contributed by atoms with Crippen LogP contribution >= 0.6 is 0 Å². The molecule has 0 nitrogen and oxygen atoms in total. The summed E-state index contributed by atoms with van der Waals surface area (Å²) in [5.74, 6) is 0. The summed E-state index contributed by atoms with van der Waals surface area (Å²) in [5.41, 5.74) is 1.53. The second-order valence-electron chi connectivity index (χ2n) is 5.57. The van der Waals surface area contributed by atoms with E-state index >= 15 is 0 Å². The van der Waals surface area contributed by atoms with Crippen molar-refractivity contribution in [2.24, 2.45) is 0 Å². The minimum atomic E-state index is -1.46. The summed E-state index contributed by atoms with van der Waals surface area (Å²) >= 11 is 0. The van der Waals surface area contributed by atoms with Crippen LogP contribution in [0, 0.1) is 0 Å². The SMILES string of the molecule is CCCC[Si](C)(C1=C(C)C=CC1)c1ccccc1. The van der Waals surface area contributed by atoms with Gasteiger partial charge in [-0.2, -0.15) is 0 Å². The van der Waals surface area contributed by atoms with Gasteiger partial charge in [-0.15, -0.1) is 0 Å². The third-order valence-corrected chi connectivity index (χ3v) is 9.16. The van der Waals surface area contributed by atoms with Crippen molar-refractivity contribution >= 4 is 13.3 Å². The average Bonchev–Trinajstić information content (AvgIpc) is 2.84. The van der Waals surface area contributed by atoms with Crippen molar-refractivity contribution in [1.29, 1.82) is 0 Å². The van der Waals surface area contributed by atoms with E-state index in [4.69, 9.17) is 0 Å². The summed E-state index contributed by atoms with van der Waals surface area (Å²) in [6, 6.07) is 12.6. The first kappa shape index (κ1) is 13.4. The van der Waals surface area contributed by atoms with E-state index in [1.807, 2.05) is 0 Å². The van der Waals surface area contributed by atoms with Crippen molar-refractivity contribution in [1.82, 2.24) is 0 Å². The minimum absolute atomic E-state index is 1.19. The maximum absolute atomic E-state index is 2.56. The summed E-state index contributed by atoms with van der Waals surface area (Å²) in [6.07, 6.45) is 8.50. The zero-order valence-corrected chi connectivity index (χ0v) is 12.9. The van der Waals surface area contributed by atoms with Gasteiger partial charge in [-0.05, 0) is 19.4 Å². The fourth-order valence-corrected chi connectivity index (χ4v) is 7.53. The molecule has 0 radical (unpaired) electrons. The van der Waals surface area contributed by atoms with Gasteiger partial charge >= 0.3 is 0 Å². The summed E-state index contributed by atoms with van der Waals surface area (Å²) < 4.78 is 0. The van der Waals surface area contributed by atoms with Crippen LogP contribution in [0.15, 0.2) is 53.3 Å². The van der Waals surface area contributed by atoms with Gasteiger partial charge in [0.05, 0.1) is 0 Å². The Morgan fingerprint density at radius 3 is 2.44 bits per heavy atom. The lowest BCUT2D eigenvalue weighted by Crippen LogP contribution is -2.46. The van der Waals surface area contributed by atoms with Crippen LogP contribution < -0.4 is 5.19 Å². The molecule has 0 fully saturated rings. The largest absolute Gasteiger partial charge is 0.111 e. The zero-order valence-electron chi connectivity index (χ0n) is 11.9. The number of benzene rings is 1. The molecule has 0 saturated heterocycles. The molecule has 0 N–H and O–H groups in total. The highest BCUT2D eigenvalue weighted by Crippen LogP contribution is 2.31. The molecule has 1 unspecified atom stereocenters. The van der Waals surface area contributed by atoms with Gasteiger partial charge in [-0.1, -0.05) is 84.8 Å². The van der Waals surface area contributed by atoms with Gasteiger partial charge in [0.2, 0.25) is 0 Å². The molecule has 1 aliphatic carbocycles. The first-order chi connectivity index (χ1) is 8.68. The molecule has 1 atom stereocenters. The number of rotatable bonds is 5. The molecule has 0 bridgehead atoms. The van der Waals surface area contributed by atoms with E-state index < -0.39 is 8.07 Å². The van der Waals surface area contributed by atoms with E-state index in [0.29, 0.717) is 0 Å². The van der Waals surface area contributed by atoms with Crippen LogP contribution in [0.2, 0.25) is 12.6 Å². The van der Waals surface area contributed by atoms with Crippen molar-refractivity contribution in [2.45, 2.75) is 45.7 Å². The van der Waals surface area contributed by atoms with Crippen LogP contribution in [-0.2, 0) is 0 Å². The number of unbranched alkanes of at least 4 members (excludes halogenated alkanes) is 1. The lowest BCUT2D eigenvalue weighted by molar-refractivity contribution is 0.869. The van der Waals surface area contributed by atoms with E-state index in [9.17, 15) is 0 Å². The van der Waals surface area contributed by atoms with Crippen molar-refractivity contribution in [3.63, 3.8) is 0 Å². The zero-order chi connectivity index (χ0) is 13.0. The maximum atomic E-state index is 2.56. The molecule has 18 heavy (non-hydrogen) atoms. The van der Waals surface area contributed by atoms with Crippen LogP contribution in [0.1, 0.15) is 33.1 Å². The molecule has 1 aromatic carbocycles. The van der Waals surface area contributed by atoms with Crippen molar-refractivity contribution in [3.05, 3.63) is 53.3 Å². The molecule has 0 amide bonds. The van der Waals surface area contributed by atoms with E-state index in [0.717, 1.165) is 0 Å².